The Kier molecular flexibility index (Phi) is 5.92. The lowest BCUT2D eigenvalue weighted by Crippen LogP contribution is -2.00. The summed E-state index contributed by atoms with van der Waals surface area (Å²) in [6.07, 6.45) is 1.83. The van der Waals surface area contributed by atoms with Crippen molar-refractivity contribution in [2.45, 2.75) is 0 Å². The Morgan fingerprint density at radius 3 is 1.89 bits per heavy atom. The number of aromatic nitrogens is 5. The molecule has 0 N–H and O–H groups in total. The van der Waals surface area contributed by atoms with Crippen molar-refractivity contribution in [3.63, 3.8) is 0 Å². The summed E-state index contributed by atoms with van der Waals surface area (Å²) in [5, 5.41) is 4.49. The maximum Gasteiger partial charge on any atom is 0.164 e. The Hall–Kier alpha value is -5.85. The second kappa shape index (κ2) is 10.4. The fourth-order valence-corrected chi connectivity index (χ4v) is 7.16. The molecular formula is C39H23N5S. The highest BCUT2D eigenvalue weighted by atomic mass is 32.1. The van der Waals surface area contributed by atoms with E-state index in [1.54, 1.807) is 11.3 Å². The van der Waals surface area contributed by atoms with E-state index < -0.39 is 0 Å². The average Bonchev–Trinajstić information content (AvgIpc) is 3.50. The van der Waals surface area contributed by atoms with Crippen molar-refractivity contribution in [2.24, 2.45) is 0 Å². The van der Waals surface area contributed by atoms with Gasteiger partial charge in [-0.3, -0.25) is 4.98 Å². The molecule has 0 atom stereocenters. The molecular weight excluding hydrogens is 571 g/mol. The second-order valence-corrected chi connectivity index (χ2v) is 12.0. The van der Waals surface area contributed by atoms with Crippen molar-refractivity contribution in [1.29, 1.82) is 0 Å². The predicted molar refractivity (Wildman–Crippen MR) is 185 cm³/mol. The molecule has 0 bridgehead atoms. The molecule has 45 heavy (non-hydrogen) atoms. The van der Waals surface area contributed by atoms with E-state index in [1.807, 2.05) is 72.9 Å². The van der Waals surface area contributed by atoms with E-state index in [0.29, 0.717) is 17.5 Å². The van der Waals surface area contributed by atoms with Crippen LogP contribution >= 0.6 is 11.3 Å². The van der Waals surface area contributed by atoms with Gasteiger partial charge in [-0.05, 0) is 24.3 Å². The van der Waals surface area contributed by atoms with Gasteiger partial charge in [0.05, 0.1) is 16.7 Å². The normalized spacial score (nSPS) is 11.6. The highest BCUT2D eigenvalue weighted by molar-refractivity contribution is 7.26. The van der Waals surface area contributed by atoms with Gasteiger partial charge in [0.15, 0.2) is 17.5 Å². The number of nitrogens with zero attached hydrogens (tertiary/aromatic N) is 5. The zero-order chi connectivity index (χ0) is 29.7. The van der Waals surface area contributed by atoms with Crippen molar-refractivity contribution >= 4 is 53.3 Å². The van der Waals surface area contributed by atoms with Gasteiger partial charge >= 0.3 is 0 Å². The first-order chi connectivity index (χ1) is 22.3. The van der Waals surface area contributed by atoms with Crippen molar-refractivity contribution in [3.05, 3.63) is 140 Å². The minimum Gasteiger partial charge on any atom is -0.254 e. The number of thiophene rings is 1. The van der Waals surface area contributed by atoms with E-state index in [-0.39, 0.29) is 0 Å². The van der Waals surface area contributed by atoms with E-state index in [4.69, 9.17) is 19.9 Å². The van der Waals surface area contributed by atoms with Crippen LogP contribution in [0.15, 0.2) is 140 Å². The molecule has 5 aromatic carbocycles. The third-order valence-corrected chi connectivity index (χ3v) is 9.28. The minimum atomic E-state index is 0.655. The maximum atomic E-state index is 5.09. The van der Waals surface area contributed by atoms with Gasteiger partial charge in [0.25, 0.3) is 0 Å². The monoisotopic (exact) mass is 593 g/mol. The first kappa shape index (κ1) is 25.6. The van der Waals surface area contributed by atoms with Crippen LogP contribution in [-0.4, -0.2) is 24.9 Å². The van der Waals surface area contributed by atoms with Crippen LogP contribution in [0.2, 0.25) is 0 Å². The molecule has 0 aliphatic heterocycles. The smallest absolute Gasteiger partial charge is 0.164 e. The Labute approximate surface area is 262 Å². The van der Waals surface area contributed by atoms with Crippen LogP contribution in [0, 0.1) is 0 Å². The SMILES string of the molecule is c1ccc(-c2nc(-c3ccccc3)nc(-c3cccc4sc5cc(-c6ccc7ccc8cccnc8c7n6)ccc5c34)n2)cc1. The molecule has 0 radical (unpaired) electrons. The summed E-state index contributed by atoms with van der Waals surface area (Å²) in [6.45, 7) is 0. The van der Waals surface area contributed by atoms with Crippen LogP contribution in [0.5, 0.6) is 0 Å². The topological polar surface area (TPSA) is 64.5 Å². The molecule has 6 heteroatoms. The van der Waals surface area contributed by atoms with Crippen molar-refractivity contribution < 1.29 is 0 Å². The molecule has 0 saturated carbocycles. The van der Waals surface area contributed by atoms with Crippen LogP contribution in [0.1, 0.15) is 0 Å². The molecule has 0 unspecified atom stereocenters. The Balaban J connectivity index is 1.21. The van der Waals surface area contributed by atoms with Gasteiger partial charge in [-0.1, -0.05) is 109 Å². The summed E-state index contributed by atoms with van der Waals surface area (Å²) < 4.78 is 2.37. The van der Waals surface area contributed by atoms with Gasteiger partial charge in [-0.2, -0.15) is 0 Å². The third-order valence-electron chi connectivity index (χ3n) is 8.17. The molecule has 0 aliphatic carbocycles. The fraction of sp³-hybridized carbons (Fsp3) is 0. The molecule has 0 saturated heterocycles. The standard InChI is InChI=1S/C39H23N5S/c1-3-9-26(10-4-1)37-42-38(27-11-5-2-6-12-27)44-39(43-37)30-14-7-15-32-34(30)29-20-18-28(23-33(29)45-32)31-21-19-25-17-16-24-13-8-22-40-35(24)36(25)41-31/h1-23H. The summed E-state index contributed by atoms with van der Waals surface area (Å²) in [7, 11) is 0. The van der Waals surface area contributed by atoms with Gasteiger partial charge in [0.2, 0.25) is 0 Å². The summed E-state index contributed by atoms with van der Waals surface area (Å²) >= 11 is 1.78. The Morgan fingerprint density at radius 2 is 1.13 bits per heavy atom. The lowest BCUT2D eigenvalue weighted by atomic mass is 10.0. The molecule has 9 rings (SSSR count). The van der Waals surface area contributed by atoms with Crippen molar-refractivity contribution in [2.75, 3.05) is 0 Å². The van der Waals surface area contributed by atoms with Gasteiger partial charge in [-0.25, -0.2) is 19.9 Å². The molecule has 9 aromatic rings. The van der Waals surface area contributed by atoms with Crippen LogP contribution < -0.4 is 0 Å². The van der Waals surface area contributed by atoms with E-state index in [2.05, 4.69) is 71.7 Å². The number of benzene rings is 5. The molecule has 0 amide bonds. The van der Waals surface area contributed by atoms with Gasteiger partial charge in [-0.15, -0.1) is 11.3 Å². The summed E-state index contributed by atoms with van der Waals surface area (Å²) in [6, 6.07) is 45.7. The lowest BCUT2D eigenvalue weighted by molar-refractivity contribution is 1.08. The third kappa shape index (κ3) is 4.42. The van der Waals surface area contributed by atoms with Crippen LogP contribution in [0.3, 0.4) is 0 Å². The largest absolute Gasteiger partial charge is 0.254 e. The molecule has 0 spiro atoms. The van der Waals surface area contributed by atoms with Crippen molar-refractivity contribution in [3.8, 4) is 45.4 Å². The summed E-state index contributed by atoms with van der Waals surface area (Å²) in [5.74, 6) is 1.97. The minimum absolute atomic E-state index is 0.655. The number of fused-ring (bicyclic) bond motifs is 6. The van der Waals surface area contributed by atoms with Gasteiger partial charge in [0, 0.05) is 59.4 Å². The van der Waals surface area contributed by atoms with Gasteiger partial charge in [0.1, 0.15) is 0 Å². The zero-order valence-electron chi connectivity index (χ0n) is 23.9. The van der Waals surface area contributed by atoms with Crippen LogP contribution in [-0.2, 0) is 0 Å². The Bertz CT molecular complexity index is 2480. The maximum absolute atomic E-state index is 5.09. The van der Waals surface area contributed by atoms with Crippen LogP contribution in [0.25, 0.3) is 87.4 Å². The highest BCUT2D eigenvalue weighted by Gasteiger charge is 2.17. The molecule has 5 nitrogen and oxygen atoms in total. The highest BCUT2D eigenvalue weighted by Crippen LogP contribution is 2.41. The fourth-order valence-electron chi connectivity index (χ4n) is 5.98. The van der Waals surface area contributed by atoms with Gasteiger partial charge < -0.3 is 0 Å². The molecule has 4 aromatic heterocycles. The van der Waals surface area contributed by atoms with E-state index in [9.17, 15) is 0 Å². The van der Waals surface area contributed by atoms with E-state index >= 15 is 0 Å². The zero-order valence-corrected chi connectivity index (χ0v) is 24.7. The number of rotatable bonds is 4. The first-order valence-electron chi connectivity index (χ1n) is 14.8. The number of hydrogen-bond donors (Lipinski definition) is 0. The number of hydrogen-bond acceptors (Lipinski definition) is 6. The molecule has 4 heterocycles. The van der Waals surface area contributed by atoms with E-state index in [1.165, 1.54) is 14.8 Å². The average molecular weight is 594 g/mol. The predicted octanol–water partition coefficient (Wildman–Crippen LogP) is 10.0. The molecule has 210 valence electrons. The van der Waals surface area contributed by atoms with Crippen molar-refractivity contribution in [1.82, 2.24) is 24.9 Å². The molecule has 0 fully saturated rings. The number of pyridine rings is 2. The summed E-state index contributed by atoms with van der Waals surface area (Å²) in [5.41, 5.74) is 6.74. The Morgan fingerprint density at radius 1 is 0.444 bits per heavy atom. The lowest BCUT2D eigenvalue weighted by Gasteiger charge is -2.09. The van der Waals surface area contributed by atoms with E-state index in [0.717, 1.165) is 55.1 Å². The summed E-state index contributed by atoms with van der Waals surface area (Å²) in [4.78, 5) is 24.7. The first-order valence-corrected chi connectivity index (χ1v) is 15.6. The quantitative estimate of drug-likeness (QED) is 0.190. The second-order valence-electron chi connectivity index (χ2n) is 10.9. The van der Waals surface area contributed by atoms with Crippen LogP contribution in [0.4, 0.5) is 0 Å². The molecule has 0 aliphatic rings.